The number of ether oxygens (including phenoxy) is 1. The number of hydrogen-bond donors (Lipinski definition) is 1. The molecule has 0 bridgehead atoms. The Labute approximate surface area is 184 Å². The SMILES string of the molecule is CC(C(=O)N(C)C1CCS(=O)(=O)C1)N(C)CC(=O)Nc1ccc(N2CCOCC2)cc1. The number of amides is 2. The molecule has 0 saturated carbocycles. The van der Waals surface area contributed by atoms with E-state index in [1.807, 2.05) is 24.3 Å². The summed E-state index contributed by atoms with van der Waals surface area (Å²) < 4.78 is 28.8. The molecule has 0 spiro atoms. The van der Waals surface area contributed by atoms with Gasteiger partial charge in [0.1, 0.15) is 0 Å². The molecule has 2 unspecified atom stereocenters. The van der Waals surface area contributed by atoms with Gasteiger partial charge in [-0.15, -0.1) is 0 Å². The molecule has 2 fully saturated rings. The second-order valence-electron chi connectivity index (χ2n) is 8.29. The summed E-state index contributed by atoms with van der Waals surface area (Å²) in [7, 11) is 0.280. The van der Waals surface area contributed by atoms with Crippen molar-refractivity contribution in [2.75, 3.05) is 68.7 Å². The van der Waals surface area contributed by atoms with Crippen molar-refractivity contribution in [3.63, 3.8) is 0 Å². The molecule has 2 heterocycles. The summed E-state index contributed by atoms with van der Waals surface area (Å²) in [6.45, 7) is 4.91. The van der Waals surface area contributed by atoms with Crippen LogP contribution in [0, 0.1) is 0 Å². The van der Waals surface area contributed by atoms with Crippen LogP contribution in [0.2, 0.25) is 0 Å². The lowest BCUT2D eigenvalue weighted by Gasteiger charge is -2.30. The zero-order valence-electron chi connectivity index (χ0n) is 18.4. The van der Waals surface area contributed by atoms with E-state index in [4.69, 9.17) is 4.74 Å². The number of benzene rings is 1. The van der Waals surface area contributed by atoms with E-state index in [0.29, 0.717) is 25.3 Å². The van der Waals surface area contributed by atoms with E-state index >= 15 is 0 Å². The highest BCUT2D eigenvalue weighted by Gasteiger charge is 2.35. The lowest BCUT2D eigenvalue weighted by Crippen LogP contribution is -2.49. The minimum Gasteiger partial charge on any atom is -0.378 e. The predicted octanol–water partition coefficient (Wildman–Crippen LogP) is 0.428. The number of morpholine rings is 1. The molecule has 9 nitrogen and oxygen atoms in total. The number of sulfone groups is 1. The summed E-state index contributed by atoms with van der Waals surface area (Å²) in [4.78, 5) is 30.6. The van der Waals surface area contributed by atoms with Crippen LogP contribution in [-0.4, -0.2) is 101 Å². The fraction of sp³-hybridized carbons (Fsp3) is 0.619. The van der Waals surface area contributed by atoms with Crippen molar-refractivity contribution in [3.05, 3.63) is 24.3 Å². The average molecular weight is 453 g/mol. The fourth-order valence-corrected chi connectivity index (χ4v) is 5.66. The minimum atomic E-state index is -3.06. The van der Waals surface area contributed by atoms with Crippen LogP contribution in [0.25, 0.3) is 0 Å². The van der Waals surface area contributed by atoms with Gasteiger partial charge in [0.25, 0.3) is 0 Å². The van der Waals surface area contributed by atoms with Gasteiger partial charge in [-0.25, -0.2) is 8.42 Å². The quantitative estimate of drug-likeness (QED) is 0.640. The van der Waals surface area contributed by atoms with E-state index in [2.05, 4.69) is 10.2 Å². The van der Waals surface area contributed by atoms with Gasteiger partial charge in [0, 0.05) is 37.6 Å². The Balaban J connectivity index is 1.49. The maximum atomic E-state index is 12.8. The van der Waals surface area contributed by atoms with Crippen LogP contribution >= 0.6 is 0 Å². The van der Waals surface area contributed by atoms with Gasteiger partial charge >= 0.3 is 0 Å². The lowest BCUT2D eigenvalue weighted by atomic mass is 10.2. The highest BCUT2D eigenvalue weighted by molar-refractivity contribution is 7.91. The number of anilines is 2. The molecule has 0 aliphatic carbocycles. The van der Waals surface area contributed by atoms with Crippen molar-refractivity contribution in [1.29, 1.82) is 0 Å². The number of carbonyl (C=O) groups excluding carboxylic acids is 2. The van der Waals surface area contributed by atoms with E-state index in [1.165, 1.54) is 4.90 Å². The molecule has 10 heteroatoms. The summed E-state index contributed by atoms with van der Waals surface area (Å²) >= 11 is 0. The van der Waals surface area contributed by atoms with Crippen LogP contribution in [0.1, 0.15) is 13.3 Å². The highest BCUT2D eigenvalue weighted by atomic mass is 32.2. The molecule has 1 aromatic carbocycles. The van der Waals surface area contributed by atoms with Crippen LogP contribution in [0.15, 0.2) is 24.3 Å². The molecular weight excluding hydrogens is 420 g/mol. The van der Waals surface area contributed by atoms with Gasteiger partial charge in [0.15, 0.2) is 9.84 Å². The summed E-state index contributed by atoms with van der Waals surface area (Å²) in [5, 5.41) is 2.86. The lowest BCUT2D eigenvalue weighted by molar-refractivity contribution is -0.136. The molecular formula is C21H32N4O5S. The topological polar surface area (TPSA) is 99.3 Å². The van der Waals surface area contributed by atoms with Crippen molar-refractivity contribution in [1.82, 2.24) is 9.80 Å². The standard InChI is InChI=1S/C21H32N4O5S/c1-16(21(27)24(3)19-8-13-31(28,29)15-19)23(2)14-20(26)22-17-4-6-18(7-5-17)25-9-11-30-12-10-25/h4-7,16,19H,8-15H2,1-3H3,(H,22,26). The van der Waals surface area contributed by atoms with Crippen LogP contribution in [0.5, 0.6) is 0 Å². The number of nitrogens with one attached hydrogen (secondary N) is 1. The Hall–Kier alpha value is -2.17. The van der Waals surface area contributed by atoms with Gasteiger partial charge in [-0.05, 0) is 44.7 Å². The molecule has 2 atom stereocenters. The Bertz CT molecular complexity index is 884. The largest absolute Gasteiger partial charge is 0.378 e. The third-order valence-electron chi connectivity index (χ3n) is 6.04. The number of rotatable bonds is 7. The maximum Gasteiger partial charge on any atom is 0.239 e. The molecule has 2 aliphatic heterocycles. The van der Waals surface area contributed by atoms with Gasteiger partial charge < -0.3 is 19.9 Å². The summed E-state index contributed by atoms with van der Waals surface area (Å²) in [6, 6.07) is 6.84. The monoisotopic (exact) mass is 452 g/mol. The summed E-state index contributed by atoms with van der Waals surface area (Å²) in [6.07, 6.45) is 0.460. The van der Waals surface area contributed by atoms with Gasteiger partial charge in [-0.2, -0.15) is 0 Å². The minimum absolute atomic E-state index is 0.00656. The van der Waals surface area contributed by atoms with Gasteiger partial charge in [0.05, 0.1) is 37.3 Å². The Morgan fingerprint density at radius 2 is 1.84 bits per heavy atom. The van der Waals surface area contributed by atoms with Crippen molar-refractivity contribution < 1.29 is 22.7 Å². The molecule has 0 aromatic heterocycles. The molecule has 172 valence electrons. The average Bonchev–Trinajstić information content (AvgIpc) is 3.12. The zero-order valence-corrected chi connectivity index (χ0v) is 19.2. The summed E-state index contributed by atoms with van der Waals surface area (Å²) in [5.41, 5.74) is 1.79. The van der Waals surface area contributed by atoms with E-state index in [9.17, 15) is 18.0 Å². The molecule has 31 heavy (non-hydrogen) atoms. The molecule has 1 aromatic rings. The van der Waals surface area contributed by atoms with Crippen molar-refractivity contribution in [2.24, 2.45) is 0 Å². The van der Waals surface area contributed by atoms with Crippen molar-refractivity contribution >= 4 is 33.0 Å². The smallest absolute Gasteiger partial charge is 0.239 e. The van der Waals surface area contributed by atoms with Crippen LogP contribution in [0.4, 0.5) is 11.4 Å². The van der Waals surface area contributed by atoms with Crippen molar-refractivity contribution in [3.8, 4) is 0 Å². The molecule has 2 aliphatic rings. The number of nitrogens with zero attached hydrogens (tertiary/aromatic N) is 3. The van der Waals surface area contributed by atoms with Crippen LogP contribution in [-0.2, 0) is 24.2 Å². The maximum absolute atomic E-state index is 12.8. The first-order valence-electron chi connectivity index (χ1n) is 10.6. The number of likely N-dealkylation sites (N-methyl/N-ethyl adjacent to an activating group) is 2. The molecule has 2 saturated heterocycles. The molecule has 3 rings (SSSR count). The molecule has 2 amide bonds. The van der Waals surface area contributed by atoms with E-state index in [0.717, 1.165) is 18.8 Å². The van der Waals surface area contributed by atoms with Crippen LogP contribution < -0.4 is 10.2 Å². The van der Waals surface area contributed by atoms with Crippen LogP contribution in [0.3, 0.4) is 0 Å². The first-order chi connectivity index (χ1) is 14.7. The predicted molar refractivity (Wildman–Crippen MR) is 120 cm³/mol. The number of carbonyl (C=O) groups is 2. The molecule has 1 N–H and O–H groups in total. The van der Waals surface area contributed by atoms with E-state index < -0.39 is 15.9 Å². The Morgan fingerprint density at radius 1 is 1.19 bits per heavy atom. The third-order valence-corrected chi connectivity index (χ3v) is 7.79. The van der Waals surface area contributed by atoms with E-state index in [1.54, 1.807) is 25.9 Å². The Kier molecular flexibility index (Phi) is 7.55. The van der Waals surface area contributed by atoms with Gasteiger partial charge in [0.2, 0.25) is 11.8 Å². The Morgan fingerprint density at radius 3 is 2.42 bits per heavy atom. The second-order valence-corrected chi connectivity index (χ2v) is 10.5. The second kappa shape index (κ2) is 9.97. The van der Waals surface area contributed by atoms with Crippen molar-refractivity contribution in [2.45, 2.75) is 25.4 Å². The normalized spacial score (nSPS) is 21.7. The van der Waals surface area contributed by atoms with E-state index in [-0.39, 0.29) is 35.9 Å². The summed E-state index contributed by atoms with van der Waals surface area (Å²) in [5.74, 6) is -0.279. The first-order valence-corrected chi connectivity index (χ1v) is 12.4. The highest BCUT2D eigenvalue weighted by Crippen LogP contribution is 2.20. The fourth-order valence-electron chi connectivity index (χ4n) is 3.89. The third kappa shape index (κ3) is 6.18. The zero-order chi connectivity index (χ0) is 22.6. The van der Waals surface area contributed by atoms with Gasteiger partial charge in [-0.1, -0.05) is 0 Å². The number of hydrogen-bond acceptors (Lipinski definition) is 7. The first kappa shape index (κ1) is 23.5. The molecule has 0 radical (unpaired) electrons. The van der Waals surface area contributed by atoms with Gasteiger partial charge in [-0.3, -0.25) is 14.5 Å².